The Hall–Kier alpha value is -3.34. The maximum Gasteiger partial charge on any atom is 0.145 e. The summed E-state index contributed by atoms with van der Waals surface area (Å²) in [5, 5.41) is 10.7. The molecule has 0 amide bonds. The number of benzene rings is 2. The Labute approximate surface area is 144 Å². The first-order chi connectivity index (χ1) is 12.2. The second-order valence-corrected chi connectivity index (χ2v) is 6.30. The summed E-state index contributed by atoms with van der Waals surface area (Å²) >= 11 is 0. The zero-order valence-corrected chi connectivity index (χ0v) is 14.0. The molecule has 25 heavy (non-hydrogen) atoms. The highest BCUT2D eigenvalue weighted by atomic mass is 16.6. The molecule has 0 aliphatic carbocycles. The molecule has 0 N–H and O–H groups in total. The maximum absolute atomic E-state index is 5.15. The predicted molar refractivity (Wildman–Crippen MR) is 98.1 cm³/mol. The first-order valence-corrected chi connectivity index (χ1v) is 8.15. The van der Waals surface area contributed by atoms with Crippen molar-refractivity contribution in [3.63, 3.8) is 0 Å². The standard InChI is InChI=1S/C20H16N4O/c1-23-11-15(13-7-3-5-9-17(13)23)19-20(22-25-21-19)16-12-24(2)18-10-6-4-8-14(16)18/h3-12H,1-2H3. The van der Waals surface area contributed by atoms with E-state index in [0.717, 1.165) is 44.3 Å². The fraction of sp³-hybridized carbons (Fsp3) is 0.100. The largest absolute Gasteiger partial charge is 0.350 e. The van der Waals surface area contributed by atoms with Gasteiger partial charge in [-0.25, -0.2) is 4.63 Å². The Morgan fingerprint density at radius 3 is 1.60 bits per heavy atom. The third-order valence-corrected chi connectivity index (χ3v) is 4.79. The summed E-state index contributed by atoms with van der Waals surface area (Å²) < 4.78 is 9.36. The van der Waals surface area contributed by atoms with E-state index in [1.165, 1.54) is 0 Å². The average molecular weight is 328 g/mol. The number of nitrogens with zero attached hydrogens (tertiary/aromatic N) is 4. The van der Waals surface area contributed by atoms with Crippen LogP contribution in [0.5, 0.6) is 0 Å². The Morgan fingerprint density at radius 1 is 0.680 bits per heavy atom. The lowest BCUT2D eigenvalue weighted by Gasteiger charge is -1.98. The zero-order valence-electron chi connectivity index (χ0n) is 14.0. The Kier molecular flexibility index (Phi) is 2.85. The van der Waals surface area contributed by atoms with Crippen molar-refractivity contribution >= 4 is 21.8 Å². The summed E-state index contributed by atoms with van der Waals surface area (Å²) in [6.45, 7) is 0. The lowest BCUT2D eigenvalue weighted by Crippen LogP contribution is -1.84. The number of aryl methyl sites for hydroxylation is 2. The van der Waals surface area contributed by atoms with Crippen LogP contribution in [0, 0.1) is 0 Å². The minimum atomic E-state index is 0.771. The number of para-hydroxylation sites is 2. The van der Waals surface area contributed by atoms with E-state index in [4.69, 9.17) is 4.63 Å². The number of hydrogen-bond acceptors (Lipinski definition) is 3. The minimum absolute atomic E-state index is 0.771. The first-order valence-electron chi connectivity index (χ1n) is 8.15. The number of aromatic nitrogens is 4. The summed E-state index contributed by atoms with van der Waals surface area (Å²) in [5.41, 5.74) is 5.92. The normalized spacial score (nSPS) is 11.6. The van der Waals surface area contributed by atoms with Crippen LogP contribution in [0.4, 0.5) is 0 Å². The van der Waals surface area contributed by atoms with E-state index in [0.29, 0.717) is 0 Å². The quantitative estimate of drug-likeness (QED) is 0.483. The van der Waals surface area contributed by atoms with Crippen LogP contribution in [0.1, 0.15) is 0 Å². The van der Waals surface area contributed by atoms with Gasteiger partial charge in [0.2, 0.25) is 0 Å². The van der Waals surface area contributed by atoms with Crippen LogP contribution in [0.25, 0.3) is 44.3 Å². The molecular formula is C20H16N4O. The van der Waals surface area contributed by atoms with Crippen LogP contribution >= 0.6 is 0 Å². The van der Waals surface area contributed by atoms with Crippen molar-refractivity contribution in [3.05, 3.63) is 60.9 Å². The predicted octanol–water partition coefficient (Wildman–Crippen LogP) is 4.39. The van der Waals surface area contributed by atoms with Gasteiger partial charge in [-0.05, 0) is 22.4 Å². The highest BCUT2D eigenvalue weighted by molar-refractivity contribution is 6.02. The molecule has 0 bridgehead atoms. The third-order valence-electron chi connectivity index (χ3n) is 4.79. The SMILES string of the molecule is Cn1cc(-c2nonc2-c2cn(C)c3ccccc23)c2ccccc21. The molecule has 3 heterocycles. The zero-order chi connectivity index (χ0) is 17.0. The molecule has 0 aliphatic rings. The molecule has 0 saturated carbocycles. The molecule has 5 heteroatoms. The summed E-state index contributed by atoms with van der Waals surface area (Å²) in [6, 6.07) is 16.6. The second kappa shape index (κ2) is 5.08. The number of hydrogen-bond donors (Lipinski definition) is 0. The first kappa shape index (κ1) is 14.0. The molecule has 5 aromatic rings. The van der Waals surface area contributed by atoms with Crippen molar-refractivity contribution in [2.75, 3.05) is 0 Å². The van der Waals surface area contributed by atoms with Gasteiger partial charge in [-0.15, -0.1) is 0 Å². The van der Waals surface area contributed by atoms with E-state index in [-0.39, 0.29) is 0 Å². The molecule has 5 rings (SSSR count). The fourth-order valence-corrected chi connectivity index (χ4v) is 3.60. The van der Waals surface area contributed by atoms with Crippen molar-refractivity contribution in [2.45, 2.75) is 0 Å². The maximum atomic E-state index is 5.15. The molecule has 0 spiro atoms. The molecule has 2 aromatic carbocycles. The van der Waals surface area contributed by atoms with E-state index in [1.807, 2.05) is 38.4 Å². The molecule has 5 nitrogen and oxygen atoms in total. The fourth-order valence-electron chi connectivity index (χ4n) is 3.60. The Balaban J connectivity index is 1.80. The molecule has 122 valence electrons. The summed E-state index contributed by atoms with van der Waals surface area (Å²) in [7, 11) is 4.08. The number of rotatable bonds is 2. The van der Waals surface area contributed by atoms with Crippen molar-refractivity contribution < 1.29 is 4.63 Å². The summed E-state index contributed by atoms with van der Waals surface area (Å²) in [6.07, 6.45) is 4.16. The van der Waals surface area contributed by atoms with Gasteiger partial charge in [-0.2, -0.15) is 0 Å². The van der Waals surface area contributed by atoms with Gasteiger partial charge in [-0.3, -0.25) is 0 Å². The molecular weight excluding hydrogens is 312 g/mol. The van der Waals surface area contributed by atoms with Crippen LogP contribution in [0.3, 0.4) is 0 Å². The second-order valence-electron chi connectivity index (χ2n) is 6.30. The van der Waals surface area contributed by atoms with Crippen LogP contribution in [0.2, 0.25) is 0 Å². The monoisotopic (exact) mass is 328 g/mol. The molecule has 0 radical (unpaired) electrons. The van der Waals surface area contributed by atoms with E-state index in [9.17, 15) is 0 Å². The molecule has 0 fully saturated rings. The van der Waals surface area contributed by atoms with E-state index in [1.54, 1.807) is 0 Å². The van der Waals surface area contributed by atoms with Gasteiger partial charge >= 0.3 is 0 Å². The van der Waals surface area contributed by atoms with Crippen molar-refractivity contribution in [3.8, 4) is 22.5 Å². The van der Waals surface area contributed by atoms with Gasteiger partial charge in [0.05, 0.1) is 0 Å². The molecule has 0 saturated heterocycles. The lowest BCUT2D eigenvalue weighted by molar-refractivity contribution is 0.310. The van der Waals surface area contributed by atoms with E-state index < -0.39 is 0 Å². The van der Waals surface area contributed by atoms with Crippen LogP contribution in [-0.4, -0.2) is 19.4 Å². The topological polar surface area (TPSA) is 48.8 Å². The average Bonchev–Trinajstić information content (AvgIpc) is 3.32. The third kappa shape index (κ3) is 1.96. The molecule has 0 aliphatic heterocycles. The summed E-state index contributed by atoms with van der Waals surface area (Å²) in [4.78, 5) is 0. The van der Waals surface area contributed by atoms with Gasteiger partial charge in [0.15, 0.2) is 0 Å². The minimum Gasteiger partial charge on any atom is -0.350 e. The van der Waals surface area contributed by atoms with Crippen LogP contribution in [0.15, 0.2) is 65.6 Å². The van der Waals surface area contributed by atoms with Crippen LogP contribution < -0.4 is 0 Å². The van der Waals surface area contributed by atoms with Crippen molar-refractivity contribution in [2.24, 2.45) is 14.1 Å². The van der Waals surface area contributed by atoms with Crippen LogP contribution in [-0.2, 0) is 14.1 Å². The van der Waals surface area contributed by atoms with Gasteiger partial charge in [0, 0.05) is 59.4 Å². The van der Waals surface area contributed by atoms with E-state index >= 15 is 0 Å². The van der Waals surface area contributed by atoms with Gasteiger partial charge in [-0.1, -0.05) is 36.4 Å². The Bertz CT molecular complexity index is 1130. The molecule has 0 atom stereocenters. The van der Waals surface area contributed by atoms with Gasteiger partial charge < -0.3 is 9.13 Å². The number of fused-ring (bicyclic) bond motifs is 2. The Morgan fingerprint density at radius 2 is 1.12 bits per heavy atom. The lowest BCUT2D eigenvalue weighted by atomic mass is 10.0. The highest BCUT2D eigenvalue weighted by Crippen LogP contribution is 2.37. The van der Waals surface area contributed by atoms with Gasteiger partial charge in [0.1, 0.15) is 11.4 Å². The highest BCUT2D eigenvalue weighted by Gasteiger charge is 2.21. The van der Waals surface area contributed by atoms with Crippen molar-refractivity contribution in [1.82, 2.24) is 19.4 Å². The van der Waals surface area contributed by atoms with Crippen molar-refractivity contribution in [1.29, 1.82) is 0 Å². The smallest absolute Gasteiger partial charge is 0.145 e. The van der Waals surface area contributed by atoms with E-state index in [2.05, 4.69) is 56.1 Å². The van der Waals surface area contributed by atoms with Gasteiger partial charge in [0.25, 0.3) is 0 Å². The molecule has 0 unspecified atom stereocenters. The molecule has 3 aromatic heterocycles. The summed E-state index contributed by atoms with van der Waals surface area (Å²) in [5.74, 6) is 0.